The number of hydrogen-bond acceptors (Lipinski definition) is 5. The van der Waals surface area contributed by atoms with Gasteiger partial charge in [0.15, 0.2) is 0 Å². The molecule has 1 aromatic carbocycles. The number of carbonyl (C=O) groups is 1. The number of carbonyl (C=O) groups excluding carboxylic acids is 1. The first-order valence-electron chi connectivity index (χ1n) is 6.88. The van der Waals surface area contributed by atoms with Gasteiger partial charge in [-0.2, -0.15) is 0 Å². The molecule has 2 atom stereocenters. The van der Waals surface area contributed by atoms with Crippen molar-refractivity contribution in [2.45, 2.75) is 26.0 Å². The number of benzene rings is 1. The molecule has 1 aliphatic rings. The van der Waals surface area contributed by atoms with Crippen LogP contribution in [0.4, 0.5) is 11.4 Å². The van der Waals surface area contributed by atoms with E-state index in [1.807, 2.05) is 13.8 Å². The number of nitrogens with one attached hydrogen (secondary N) is 1. The number of nitro benzene ring substituents is 1. The Bertz CT molecular complexity index is 517. The van der Waals surface area contributed by atoms with Gasteiger partial charge >= 0.3 is 0 Å². The number of rotatable bonds is 4. The summed E-state index contributed by atoms with van der Waals surface area (Å²) in [5.41, 5.74) is 0.557. The summed E-state index contributed by atoms with van der Waals surface area (Å²) < 4.78 is 5.45. The second kappa shape index (κ2) is 6.64. The van der Waals surface area contributed by atoms with Crippen LogP contribution in [-0.2, 0) is 9.53 Å². The summed E-state index contributed by atoms with van der Waals surface area (Å²) in [7, 11) is 0. The second-order valence-corrected chi connectivity index (χ2v) is 5.15. The van der Waals surface area contributed by atoms with E-state index in [1.54, 1.807) is 0 Å². The molecule has 0 aromatic heterocycles. The molecule has 7 heteroatoms. The van der Waals surface area contributed by atoms with Gasteiger partial charge in [0.2, 0.25) is 5.91 Å². The standard InChI is InChI=1S/C14H19N3O4/c1-10-9-16(7-8-21-10)11(2)14(18)15-12-3-5-13(6-4-12)17(19)20/h3-6,10-11H,7-9H2,1-2H3,(H,15,18)/t10-,11-/m0/s1. The Morgan fingerprint density at radius 1 is 1.48 bits per heavy atom. The number of ether oxygens (including phenoxy) is 1. The van der Waals surface area contributed by atoms with Gasteiger partial charge in [-0.1, -0.05) is 0 Å². The van der Waals surface area contributed by atoms with Crippen molar-refractivity contribution in [1.29, 1.82) is 0 Å². The fourth-order valence-corrected chi connectivity index (χ4v) is 2.28. The smallest absolute Gasteiger partial charge is 0.269 e. The highest BCUT2D eigenvalue weighted by molar-refractivity contribution is 5.94. The van der Waals surface area contributed by atoms with E-state index in [0.717, 1.165) is 13.1 Å². The van der Waals surface area contributed by atoms with Crippen molar-refractivity contribution < 1.29 is 14.5 Å². The van der Waals surface area contributed by atoms with Crippen LogP contribution in [0.25, 0.3) is 0 Å². The monoisotopic (exact) mass is 293 g/mol. The molecule has 0 saturated carbocycles. The second-order valence-electron chi connectivity index (χ2n) is 5.15. The average Bonchev–Trinajstić information content (AvgIpc) is 2.47. The predicted molar refractivity (Wildman–Crippen MR) is 78.2 cm³/mol. The average molecular weight is 293 g/mol. The van der Waals surface area contributed by atoms with Gasteiger partial charge < -0.3 is 10.1 Å². The number of anilines is 1. The van der Waals surface area contributed by atoms with Gasteiger partial charge in [-0.25, -0.2) is 0 Å². The normalized spacial score (nSPS) is 20.8. The molecule has 1 fully saturated rings. The number of nitrogens with zero attached hydrogens (tertiary/aromatic N) is 2. The van der Waals surface area contributed by atoms with Crippen molar-refractivity contribution in [3.05, 3.63) is 34.4 Å². The van der Waals surface area contributed by atoms with Crippen LogP contribution in [0.5, 0.6) is 0 Å². The topological polar surface area (TPSA) is 84.7 Å². The highest BCUT2D eigenvalue weighted by atomic mass is 16.6. The van der Waals surface area contributed by atoms with Crippen molar-refractivity contribution >= 4 is 17.3 Å². The molecule has 7 nitrogen and oxygen atoms in total. The zero-order valence-corrected chi connectivity index (χ0v) is 12.1. The van der Waals surface area contributed by atoms with E-state index in [2.05, 4.69) is 10.2 Å². The van der Waals surface area contributed by atoms with Crippen LogP contribution in [0.2, 0.25) is 0 Å². The van der Waals surface area contributed by atoms with Crippen LogP contribution in [-0.4, -0.2) is 47.6 Å². The van der Waals surface area contributed by atoms with E-state index in [0.29, 0.717) is 12.3 Å². The first-order chi connectivity index (χ1) is 9.97. The molecule has 0 radical (unpaired) electrons. The molecular weight excluding hydrogens is 274 g/mol. The number of nitro groups is 1. The van der Waals surface area contributed by atoms with Crippen molar-refractivity contribution in [1.82, 2.24) is 4.90 Å². The Labute approximate surface area is 123 Å². The summed E-state index contributed by atoms with van der Waals surface area (Å²) in [6.45, 7) is 5.89. The zero-order valence-electron chi connectivity index (χ0n) is 12.1. The van der Waals surface area contributed by atoms with Crippen molar-refractivity contribution in [2.24, 2.45) is 0 Å². The van der Waals surface area contributed by atoms with Gasteiger partial charge in [0, 0.05) is 30.9 Å². The number of hydrogen-bond donors (Lipinski definition) is 1. The maximum absolute atomic E-state index is 12.2. The van der Waals surface area contributed by atoms with E-state index in [4.69, 9.17) is 4.74 Å². The fourth-order valence-electron chi connectivity index (χ4n) is 2.28. The molecule has 1 amide bonds. The molecular formula is C14H19N3O4. The maximum Gasteiger partial charge on any atom is 0.269 e. The zero-order chi connectivity index (χ0) is 15.4. The third-order valence-corrected chi connectivity index (χ3v) is 3.55. The molecule has 1 heterocycles. The summed E-state index contributed by atoms with van der Waals surface area (Å²) in [5.74, 6) is -0.127. The molecule has 0 unspecified atom stereocenters. The lowest BCUT2D eigenvalue weighted by molar-refractivity contribution is -0.384. The van der Waals surface area contributed by atoms with Crippen LogP contribution >= 0.6 is 0 Å². The molecule has 1 aliphatic heterocycles. The Kier molecular flexibility index (Phi) is 4.87. The lowest BCUT2D eigenvalue weighted by Gasteiger charge is -2.34. The minimum Gasteiger partial charge on any atom is -0.376 e. The molecule has 2 rings (SSSR count). The van der Waals surface area contributed by atoms with Crippen LogP contribution in [0, 0.1) is 10.1 Å². The molecule has 1 N–H and O–H groups in total. The van der Waals surface area contributed by atoms with Crippen molar-refractivity contribution in [2.75, 3.05) is 25.0 Å². The highest BCUT2D eigenvalue weighted by Gasteiger charge is 2.26. The Morgan fingerprint density at radius 2 is 2.14 bits per heavy atom. The molecule has 0 bridgehead atoms. The first-order valence-corrected chi connectivity index (χ1v) is 6.88. The first kappa shape index (κ1) is 15.4. The molecule has 1 saturated heterocycles. The van der Waals surface area contributed by atoms with E-state index >= 15 is 0 Å². The minimum atomic E-state index is -0.469. The summed E-state index contributed by atoms with van der Waals surface area (Å²) in [6, 6.07) is 5.54. The fraction of sp³-hybridized carbons (Fsp3) is 0.500. The van der Waals surface area contributed by atoms with E-state index in [-0.39, 0.29) is 23.7 Å². The van der Waals surface area contributed by atoms with Crippen LogP contribution < -0.4 is 5.32 Å². The van der Waals surface area contributed by atoms with Gasteiger partial charge in [-0.15, -0.1) is 0 Å². The van der Waals surface area contributed by atoms with Gasteiger partial charge in [0.05, 0.1) is 23.7 Å². The Hall–Kier alpha value is -1.99. The predicted octanol–water partition coefficient (Wildman–Crippen LogP) is 1.64. The van der Waals surface area contributed by atoms with Gasteiger partial charge in [0.1, 0.15) is 0 Å². The van der Waals surface area contributed by atoms with Crippen LogP contribution in [0.15, 0.2) is 24.3 Å². The summed E-state index contributed by atoms with van der Waals surface area (Å²) in [5, 5.41) is 13.4. The Morgan fingerprint density at radius 3 is 2.71 bits per heavy atom. The highest BCUT2D eigenvalue weighted by Crippen LogP contribution is 2.16. The summed E-state index contributed by atoms with van der Waals surface area (Å²) >= 11 is 0. The van der Waals surface area contributed by atoms with E-state index in [9.17, 15) is 14.9 Å². The van der Waals surface area contributed by atoms with Gasteiger partial charge in [-0.05, 0) is 26.0 Å². The number of amides is 1. The lowest BCUT2D eigenvalue weighted by Crippen LogP contribution is -2.50. The molecule has 21 heavy (non-hydrogen) atoms. The van der Waals surface area contributed by atoms with Gasteiger partial charge in [0.25, 0.3) is 5.69 Å². The third-order valence-electron chi connectivity index (χ3n) is 3.55. The number of non-ortho nitro benzene ring substituents is 1. The van der Waals surface area contributed by atoms with E-state index in [1.165, 1.54) is 24.3 Å². The lowest BCUT2D eigenvalue weighted by atomic mass is 10.2. The SMILES string of the molecule is C[C@H]1CN([C@@H](C)C(=O)Nc2ccc([N+](=O)[O-])cc2)CCO1. The van der Waals surface area contributed by atoms with Crippen molar-refractivity contribution in [3.63, 3.8) is 0 Å². The Balaban J connectivity index is 1.95. The van der Waals surface area contributed by atoms with Crippen molar-refractivity contribution in [3.8, 4) is 0 Å². The number of morpholine rings is 1. The van der Waals surface area contributed by atoms with E-state index < -0.39 is 4.92 Å². The molecule has 0 aliphatic carbocycles. The largest absolute Gasteiger partial charge is 0.376 e. The molecule has 1 aromatic rings. The minimum absolute atomic E-state index is 0.00283. The molecule has 114 valence electrons. The quantitative estimate of drug-likeness (QED) is 0.674. The third kappa shape index (κ3) is 3.99. The molecule has 0 spiro atoms. The summed E-state index contributed by atoms with van der Waals surface area (Å²) in [4.78, 5) is 24.4. The van der Waals surface area contributed by atoms with Gasteiger partial charge in [-0.3, -0.25) is 19.8 Å². The summed E-state index contributed by atoms with van der Waals surface area (Å²) in [6.07, 6.45) is 0.119. The van der Waals surface area contributed by atoms with Crippen LogP contribution in [0.3, 0.4) is 0 Å². The maximum atomic E-state index is 12.2. The van der Waals surface area contributed by atoms with Crippen LogP contribution in [0.1, 0.15) is 13.8 Å².